The zero-order chi connectivity index (χ0) is 14.0. The molecule has 0 aliphatic carbocycles. The third-order valence-corrected chi connectivity index (χ3v) is 3.26. The molecule has 0 radical (unpaired) electrons. The van der Waals surface area contributed by atoms with Gasteiger partial charge in [0.1, 0.15) is 11.5 Å². The minimum absolute atomic E-state index is 0.0313. The fourth-order valence-electron chi connectivity index (χ4n) is 2.37. The van der Waals surface area contributed by atoms with E-state index in [0.717, 1.165) is 25.5 Å². The van der Waals surface area contributed by atoms with Crippen LogP contribution in [0.3, 0.4) is 0 Å². The van der Waals surface area contributed by atoms with Crippen LogP contribution in [0.2, 0.25) is 0 Å². The molecule has 1 atom stereocenters. The van der Waals surface area contributed by atoms with Gasteiger partial charge in [0.2, 0.25) is 5.82 Å². The van der Waals surface area contributed by atoms with Crippen LogP contribution in [0.25, 0.3) is 0 Å². The number of rotatable bonds is 4. The summed E-state index contributed by atoms with van der Waals surface area (Å²) in [5, 5.41) is 14.1. The van der Waals surface area contributed by atoms with Gasteiger partial charge in [-0.1, -0.05) is 0 Å². The van der Waals surface area contributed by atoms with Crippen LogP contribution in [-0.4, -0.2) is 31.1 Å². The van der Waals surface area contributed by atoms with E-state index in [1.807, 2.05) is 0 Å². The highest BCUT2D eigenvalue weighted by atomic mass is 19.1. The molecule has 1 aliphatic rings. The third-order valence-electron chi connectivity index (χ3n) is 3.26. The maximum atomic E-state index is 13.5. The lowest BCUT2D eigenvalue weighted by molar-refractivity contribution is -0.386. The summed E-state index contributed by atoms with van der Waals surface area (Å²) in [5.74, 6) is -1.96. The summed E-state index contributed by atoms with van der Waals surface area (Å²) in [5.41, 5.74) is -0.710. The van der Waals surface area contributed by atoms with Crippen LogP contribution in [0, 0.1) is 21.7 Å². The highest BCUT2D eigenvalue weighted by molar-refractivity contribution is 5.63. The van der Waals surface area contributed by atoms with E-state index in [0.29, 0.717) is 12.6 Å². The summed E-state index contributed by atoms with van der Waals surface area (Å²) in [7, 11) is 1.60. The van der Waals surface area contributed by atoms with Crippen molar-refractivity contribution in [2.75, 3.05) is 25.0 Å². The summed E-state index contributed by atoms with van der Waals surface area (Å²) < 4.78 is 26.8. The Morgan fingerprint density at radius 2 is 2.26 bits per heavy atom. The number of anilines is 1. The normalized spacial score (nSPS) is 18.6. The minimum atomic E-state index is -1.15. The molecule has 1 N–H and O–H groups in total. The molecule has 1 heterocycles. The molecule has 0 amide bonds. The topological polar surface area (TPSA) is 58.4 Å². The number of nitro benzene ring substituents is 1. The van der Waals surface area contributed by atoms with Crippen molar-refractivity contribution in [1.29, 1.82) is 0 Å². The molecule has 1 aromatic rings. The first kappa shape index (κ1) is 13.7. The maximum absolute atomic E-state index is 13.5. The van der Waals surface area contributed by atoms with Crippen molar-refractivity contribution in [1.82, 2.24) is 5.32 Å². The molecule has 104 valence electrons. The molecule has 1 aliphatic heterocycles. The summed E-state index contributed by atoms with van der Waals surface area (Å²) in [6, 6.07) is 1.72. The number of nitrogens with zero attached hydrogens (tertiary/aromatic N) is 2. The van der Waals surface area contributed by atoms with Gasteiger partial charge in [-0.05, 0) is 19.4 Å². The molecule has 1 unspecified atom stereocenters. The zero-order valence-corrected chi connectivity index (χ0v) is 10.5. The second kappa shape index (κ2) is 5.48. The molecule has 2 rings (SSSR count). The summed E-state index contributed by atoms with van der Waals surface area (Å²) in [4.78, 5) is 11.6. The van der Waals surface area contributed by atoms with E-state index in [1.54, 1.807) is 7.05 Å². The number of hydrogen-bond acceptors (Lipinski definition) is 4. The quantitative estimate of drug-likeness (QED) is 0.672. The summed E-state index contributed by atoms with van der Waals surface area (Å²) >= 11 is 0. The van der Waals surface area contributed by atoms with Gasteiger partial charge in [0.15, 0.2) is 0 Å². The first-order chi connectivity index (χ1) is 8.99. The van der Waals surface area contributed by atoms with Gasteiger partial charge in [-0.3, -0.25) is 10.1 Å². The van der Waals surface area contributed by atoms with E-state index < -0.39 is 22.2 Å². The van der Waals surface area contributed by atoms with Gasteiger partial charge in [0.25, 0.3) is 0 Å². The van der Waals surface area contributed by atoms with Crippen molar-refractivity contribution in [2.24, 2.45) is 0 Å². The Balaban J connectivity index is 2.28. The molecule has 1 aromatic carbocycles. The van der Waals surface area contributed by atoms with E-state index >= 15 is 0 Å². The minimum Gasteiger partial charge on any atom is -0.367 e. The standard InChI is InChI=1S/C12H15F2N3O2/c1-16(7-9-3-2-4-15-9)11-6-8(13)5-10(14)12(11)17(18)19/h5-6,9,15H,2-4,7H2,1H3. The molecule has 0 saturated carbocycles. The van der Waals surface area contributed by atoms with Crippen LogP contribution in [0.5, 0.6) is 0 Å². The van der Waals surface area contributed by atoms with E-state index in [-0.39, 0.29) is 11.7 Å². The smallest absolute Gasteiger partial charge is 0.328 e. The Bertz CT molecular complexity index is 490. The maximum Gasteiger partial charge on any atom is 0.328 e. The van der Waals surface area contributed by atoms with Crippen molar-refractivity contribution in [3.8, 4) is 0 Å². The molecule has 0 bridgehead atoms. The lowest BCUT2D eigenvalue weighted by atomic mass is 10.2. The highest BCUT2D eigenvalue weighted by Crippen LogP contribution is 2.31. The van der Waals surface area contributed by atoms with Gasteiger partial charge < -0.3 is 10.2 Å². The lowest BCUT2D eigenvalue weighted by Gasteiger charge is -2.23. The van der Waals surface area contributed by atoms with Crippen molar-refractivity contribution >= 4 is 11.4 Å². The van der Waals surface area contributed by atoms with E-state index in [1.165, 1.54) is 4.90 Å². The second-order valence-electron chi connectivity index (χ2n) is 4.69. The van der Waals surface area contributed by atoms with Gasteiger partial charge in [0, 0.05) is 31.8 Å². The van der Waals surface area contributed by atoms with Crippen LogP contribution in [0.4, 0.5) is 20.2 Å². The largest absolute Gasteiger partial charge is 0.367 e. The molecule has 0 spiro atoms. The SMILES string of the molecule is CN(CC1CCCN1)c1cc(F)cc(F)c1[N+](=O)[O-]. The number of nitro groups is 1. The molecular formula is C12H15F2N3O2. The monoisotopic (exact) mass is 271 g/mol. The molecule has 1 saturated heterocycles. The molecule has 5 nitrogen and oxygen atoms in total. The molecule has 7 heteroatoms. The molecule has 1 fully saturated rings. The zero-order valence-electron chi connectivity index (χ0n) is 10.5. The van der Waals surface area contributed by atoms with E-state index in [4.69, 9.17) is 0 Å². The highest BCUT2D eigenvalue weighted by Gasteiger charge is 2.26. The van der Waals surface area contributed by atoms with Crippen molar-refractivity contribution in [3.63, 3.8) is 0 Å². The Labute approximate surface area is 109 Å². The Hall–Kier alpha value is -1.76. The number of likely N-dealkylation sites (N-methyl/N-ethyl adjacent to an activating group) is 1. The second-order valence-corrected chi connectivity index (χ2v) is 4.69. The molecule has 19 heavy (non-hydrogen) atoms. The predicted molar refractivity (Wildman–Crippen MR) is 67.3 cm³/mol. The van der Waals surface area contributed by atoms with Gasteiger partial charge in [-0.25, -0.2) is 4.39 Å². The third kappa shape index (κ3) is 2.98. The van der Waals surface area contributed by atoms with E-state index in [2.05, 4.69) is 5.32 Å². The van der Waals surface area contributed by atoms with Crippen LogP contribution in [-0.2, 0) is 0 Å². The fraction of sp³-hybridized carbons (Fsp3) is 0.500. The Kier molecular flexibility index (Phi) is 3.94. The first-order valence-electron chi connectivity index (χ1n) is 6.07. The van der Waals surface area contributed by atoms with Crippen LogP contribution < -0.4 is 10.2 Å². The summed E-state index contributed by atoms with van der Waals surface area (Å²) in [6.07, 6.45) is 1.99. The van der Waals surface area contributed by atoms with Gasteiger partial charge in [-0.15, -0.1) is 0 Å². The average molecular weight is 271 g/mol. The van der Waals surface area contributed by atoms with Crippen molar-refractivity contribution in [3.05, 3.63) is 33.9 Å². The van der Waals surface area contributed by atoms with Crippen LogP contribution >= 0.6 is 0 Å². The first-order valence-corrected chi connectivity index (χ1v) is 6.07. The fourth-order valence-corrected chi connectivity index (χ4v) is 2.37. The van der Waals surface area contributed by atoms with Crippen LogP contribution in [0.1, 0.15) is 12.8 Å². The number of hydrogen-bond donors (Lipinski definition) is 1. The Morgan fingerprint density at radius 1 is 1.53 bits per heavy atom. The summed E-state index contributed by atoms with van der Waals surface area (Å²) in [6.45, 7) is 1.38. The number of nitrogens with one attached hydrogen (secondary N) is 1. The van der Waals surface area contributed by atoms with Crippen LogP contribution in [0.15, 0.2) is 12.1 Å². The van der Waals surface area contributed by atoms with Gasteiger partial charge >= 0.3 is 5.69 Å². The van der Waals surface area contributed by atoms with Crippen molar-refractivity contribution in [2.45, 2.75) is 18.9 Å². The van der Waals surface area contributed by atoms with E-state index in [9.17, 15) is 18.9 Å². The molecule has 0 aromatic heterocycles. The van der Waals surface area contributed by atoms with Gasteiger partial charge in [-0.2, -0.15) is 4.39 Å². The average Bonchev–Trinajstić information content (AvgIpc) is 2.79. The molecular weight excluding hydrogens is 256 g/mol. The number of benzene rings is 1. The van der Waals surface area contributed by atoms with Crippen molar-refractivity contribution < 1.29 is 13.7 Å². The lowest BCUT2D eigenvalue weighted by Crippen LogP contribution is -2.35. The number of halogens is 2. The predicted octanol–water partition coefficient (Wildman–Crippen LogP) is 2.06. The van der Waals surface area contributed by atoms with Gasteiger partial charge in [0.05, 0.1) is 4.92 Å². The Morgan fingerprint density at radius 3 is 2.84 bits per heavy atom.